The second kappa shape index (κ2) is 10.3. The highest BCUT2D eigenvalue weighted by molar-refractivity contribution is 5.75. The van der Waals surface area contributed by atoms with E-state index in [1.807, 2.05) is 50.2 Å². The van der Waals surface area contributed by atoms with Crippen molar-refractivity contribution < 1.29 is 0 Å². The largest absolute Gasteiger partial charge is 0.233 e. The van der Waals surface area contributed by atoms with Gasteiger partial charge in [0.05, 0.1) is 0 Å². The van der Waals surface area contributed by atoms with Crippen molar-refractivity contribution in [3.05, 3.63) is 120 Å². The lowest BCUT2D eigenvalue weighted by atomic mass is 10.0. The van der Waals surface area contributed by atoms with E-state index in [4.69, 9.17) is 15.0 Å². The summed E-state index contributed by atoms with van der Waals surface area (Å²) in [5.74, 6) is 2.79. The van der Waals surface area contributed by atoms with Gasteiger partial charge in [0.1, 0.15) is 0 Å². The van der Waals surface area contributed by atoms with E-state index < -0.39 is 0 Å². The van der Waals surface area contributed by atoms with Gasteiger partial charge in [-0.2, -0.15) is 0 Å². The van der Waals surface area contributed by atoms with E-state index >= 15 is 0 Å². The molecule has 2 aromatic heterocycles. The molecule has 5 aromatic rings. The molecule has 0 saturated carbocycles. The highest BCUT2D eigenvalue weighted by atomic mass is 15.0. The maximum absolute atomic E-state index is 4.90. The van der Waals surface area contributed by atoms with Gasteiger partial charge < -0.3 is 0 Å². The molecule has 1 aliphatic rings. The van der Waals surface area contributed by atoms with Gasteiger partial charge in [0.2, 0.25) is 0 Å². The van der Waals surface area contributed by atoms with Gasteiger partial charge in [-0.15, -0.1) is 0 Å². The lowest BCUT2D eigenvalue weighted by Gasteiger charge is -2.11. The summed E-state index contributed by atoms with van der Waals surface area (Å²) in [6.45, 7) is 3.99. The highest BCUT2D eigenvalue weighted by Gasteiger charge is 2.14. The predicted octanol–water partition coefficient (Wildman–Crippen LogP) is 7.68. The molecule has 0 atom stereocenters. The number of benzene rings is 3. The van der Waals surface area contributed by atoms with Crippen molar-refractivity contribution >= 4 is 5.57 Å². The van der Waals surface area contributed by atoms with Crippen LogP contribution < -0.4 is 0 Å². The van der Waals surface area contributed by atoms with Crippen LogP contribution in [0.5, 0.6) is 0 Å². The summed E-state index contributed by atoms with van der Waals surface area (Å²) < 4.78 is 0. The number of hydrogen-bond donors (Lipinski definition) is 0. The van der Waals surface area contributed by atoms with Crippen LogP contribution in [0.4, 0.5) is 0 Å². The van der Waals surface area contributed by atoms with E-state index in [1.54, 1.807) is 0 Å². The molecular weight excluding hydrogens is 466 g/mol. The molecule has 0 bridgehead atoms. The smallest absolute Gasteiger partial charge is 0.164 e. The van der Waals surface area contributed by atoms with Crippen LogP contribution in [0.2, 0.25) is 0 Å². The summed E-state index contributed by atoms with van der Waals surface area (Å²) in [6.07, 6.45) is 8.52. The fourth-order valence-corrected chi connectivity index (χ4v) is 4.63. The third kappa shape index (κ3) is 5.04. The normalized spacial score (nSPS) is 12.8. The first-order valence-electron chi connectivity index (χ1n) is 12.8. The van der Waals surface area contributed by atoms with Crippen LogP contribution in [0.15, 0.2) is 103 Å². The Labute approximate surface area is 222 Å². The summed E-state index contributed by atoms with van der Waals surface area (Å²) in [6, 6.07) is 28.8. The van der Waals surface area contributed by atoms with E-state index in [0.29, 0.717) is 17.5 Å². The van der Waals surface area contributed by atoms with Crippen LogP contribution in [-0.2, 0) is 0 Å². The fourth-order valence-electron chi connectivity index (χ4n) is 4.63. The van der Waals surface area contributed by atoms with Crippen molar-refractivity contribution in [1.82, 2.24) is 24.9 Å². The van der Waals surface area contributed by atoms with Crippen molar-refractivity contribution in [3.8, 4) is 45.3 Å². The minimum atomic E-state index is 0.663. The van der Waals surface area contributed by atoms with E-state index in [-0.39, 0.29) is 0 Å². The van der Waals surface area contributed by atoms with Crippen molar-refractivity contribution in [2.45, 2.75) is 26.7 Å². The topological polar surface area (TPSA) is 64.5 Å². The molecule has 1 aliphatic carbocycles. The van der Waals surface area contributed by atoms with Crippen LogP contribution >= 0.6 is 0 Å². The number of nitrogens with zero attached hydrogens (tertiary/aromatic N) is 5. The Hall–Kier alpha value is -4.77. The van der Waals surface area contributed by atoms with E-state index in [9.17, 15) is 0 Å². The molecule has 38 heavy (non-hydrogen) atoms. The molecule has 0 fully saturated rings. The van der Waals surface area contributed by atoms with Gasteiger partial charge in [-0.25, -0.2) is 24.9 Å². The first-order valence-corrected chi connectivity index (χ1v) is 12.8. The molecule has 6 rings (SSSR count). The first-order chi connectivity index (χ1) is 18.6. The summed E-state index contributed by atoms with van der Waals surface area (Å²) >= 11 is 0. The molecular formula is C33H27N5. The minimum absolute atomic E-state index is 0.663. The maximum Gasteiger partial charge on any atom is 0.164 e. The second-order valence-electron chi connectivity index (χ2n) is 9.44. The molecule has 0 N–H and O–H groups in total. The first kappa shape index (κ1) is 23.6. The van der Waals surface area contributed by atoms with Gasteiger partial charge >= 0.3 is 0 Å². The predicted molar refractivity (Wildman–Crippen MR) is 153 cm³/mol. The standard InChI is InChI=1S/C33H27N5/c1-22-20-23(2)35-30(34-22)27-18-16-24(17-19-27)28-14-9-15-29(21-28)33-37-31(25-10-5-3-6-11-25)36-32(38-33)26-12-7-4-8-13-26/h3,5-7,9-21H,4,8H2,1-2H3. The molecule has 0 radical (unpaired) electrons. The van der Waals surface area contributed by atoms with Crippen LogP contribution in [0.1, 0.15) is 30.1 Å². The lowest BCUT2D eigenvalue weighted by Crippen LogP contribution is -2.03. The number of hydrogen-bond acceptors (Lipinski definition) is 5. The molecule has 0 aliphatic heterocycles. The number of allylic oxidation sites excluding steroid dienone is 4. The molecule has 0 saturated heterocycles. The fraction of sp³-hybridized carbons (Fsp3) is 0.121. The molecule has 2 heterocycles. The lowest BCUT2D eigenvalue weighted by molar-refractivity contribution is 1.01. The third-order valence-electron chi connectivity index (χ3n) is 6.50. The Balaban J connectivity index is 1.38. The zero-order valence-electron chi connectivity index (χ0n) is 21.5. The maximum atomic E-state index is 4.90. The van der Waals surface area contributed by atoms with E-state index in [0.717, 1.165) is 63.4 Å². The Morgan fingerprint density at radius 2 is 1.05 bits per heavy atom. The molecule has 184 valence electrons. The van der Waals surface area contributed by atoms with E-state index in [1.165, 1.54) is 0 Å². The average Bonchev–Trinajstić information content (AvgIpc) is 2.97. The third-order valence-corrected chi connectivity index (χ3v) is 6.50. The van der Waals surface area contributed by atoms with Crippen LogP contribution in [0.25, 0.3) is 50.9 Å². The molecule has 0 amide bonds. The van der Waals surface area contributed by atoms with Gasteiger partial charge in [-0.3, -0.25) is 0 Å². The van der Waals surface area contributed by atoms with Gasteiger partial charge in [0.25, 0.3) is 0 Å². The number of aryl methyl sites for hydroxylation is 2. The molecule has 0 spiro atoms. The molecule has 5 heteroatoms. The summed E-state index contributed by atoms with van der Waals surface area (Å²) in [5, 5.41) is 0. The quantitative estimate of drug-likeness (QED) is 0.251. The molecule has 0 unspecified atom stereocenters. The van der Waals surface area contributed by atoms with Crippen molar-refractivity contribution in [3.63, 3.8) is 0 Å². The Morgan fingerprint density at radius 3 is 1.76 bits per heavy atom. The van der Waals surface area contributed by atoms with Crippen molar-refractivity contribution in [2.75, 3.05) is 0 Å². The number of aromatic nitrogens is 5. The summed E-state index contributed by atoms with van der Waals surface area (Å²) in [5.41, 5.74) is 8.10. The van der Waals surface area contributed by atoms with Crippen LogP contribution in [0.3, 0.4) is 0 Å². The van der Waals surface area contributed by atoms with Crippen molar-refractivity contribution in [2.24, 2.45) is 0 Å². The van der Waals surface area contributed by atoms with Gasteiger partial charge in [-0.1, -0.05) is 91.0 Å². The van der Waals surface area contributed by atoms with Crippen molar-refractivity contribution in [1.29, 1.82) is 0 Å². The molecule has 5 nitrogen and oxygen atoms in total. The zero-order valence-corrected chi connectivity index (χ0v) is 21.5. The SMILES string of the molecule is Cc1cc(C)nc(-c2ccc(-c3cccc(-c4nc(C5=CCCC=C5)nc(-c5ccccc5)n4)c3)cc2)n1. The highest BCUT2D eigenvalue weighted by Crippen LogP contribution is 2.29. The van der Waals surface area contributed by atoms with Gasteiger partial charge in [-0.05, 0) is 49.9 Å². The van der Waals surface area contributed by atoms with Gasteiger partial charge in [0.15, 0.2) is 23.3 Å². The number of rotatable bonds is 5. The summed E-state index contributed by atoms with van der Waals surface area (Å²) in [4.78, 5) is 23.8. The van der Waals surface area contributed by atoms with Gasteiger partial charge in [0, 0.05) is 33.7 Å². The molecule has 3 aromatic carbocycles. The Morgan fingerprint density at radius 1 is 0.474 bits per heavy atom. The minimum Gasteiger partial charge on any atom is -0.233 e. The average molecular weight is 494 g/mol. The Bertz CT molecular complexity index is 1650. The van der Waals surface area contributed by atoms with Crippen LogP contribution in [-0.4, -0.2) is 24.9 Å². The summed E-state index contributed by atoms with van der Waals surface area (Å²) in [7, 11) is 0. The Kier molecular flexibility index (Phi) is 6.40. The van der Waals surface area contributed by atoms with Crippen LogP contribution in [0, 0.1) is 13.8 Å². The zero-order chi connectivity index (χ0) is 25.9. The second-order valence-corrected chi connectivity index (χ2v) is 9.44. The monoisotopic (exact) mass is 493 g/mol. The van der Waals surface area contributed by atoms with E-state index in [2.05, 4.69) is 76.7 Å².